The van der Waals surface area contributed by atoms with Crippen molar-refractivity contribution in [2.75, 3.05) is 53.5 Å². The summed E-state index contributed by atoms with van der Waals surface area (Å²) in [5.74, 6) is 3.47. The first-order valence-corrected chi connectivity index (χ1v) is 10.6. The molecule has 0 saturated carbocycles. The zero-order valence-electron chi connectivity index (χ0n) is 18.0. The Kier molecular flexibility index (Phi) is 7.43. The Morgan fingerprint density at radius 1 is 1.18 bits per heavy atom. The highest BCUT2D eigenvalue weighted by Crippen LogP contribution is 2.33. The van der Waals surface area contributed by atoms with Crippen molar-refractivity contribution in [3.63, 3.8) is 0 Å². The summed E-state index contributed by atoms with van der Waals surface area (Å²) in [6.45, 7) is 11.5. The molecular weight excluding hydrogens is 352 g/mol. The molecule has 2 aliphatic heterocycles. The molecule has 0 spiro atoms. The van der Waals surface area contributed by atoms with Gasteiger partial charge in [0.05, 0.1) is 20.8 Å². The largest absolute Gasteiger partial charge is 0.493 e. The second-order valence-corrected chi connectivity index (χ2v) is 7.93. The highest BCUT2D eigenvalue weighted by Gasteiger charge is 2.21. The van der Waals surface area contributed by atoms with E-state index in [9.17, 15) is 0 Å². The van der Waals surface area contributed by atoms with Crippen LogP contribution < -0.4 is 14.8 Å². The Balaban J connectivity index is 1.59. The van der Waals surface area contributed by atoms with E-state index in [0.29, 0.717) is 0 Å². The van der Waals surface area contributed by atoms with Crippen LogP contribution in [0.25, 0.3) is 0 Å². The average Bonchev–Trinajstić information content (AvgIpc) is 2.72. The van der Waals surface area contributed by atoms with Gasteiger partial charge in [-0.2, -0.15) is 0 Å². The summed E-state index contributed by atoms with van der Waals surface area (Å²) >= 11 is 0. The molecule has 1 atom stereocenters. The monoisotopic (exact) mass is 388 g/mol. The number of piperidine rings is 1. The van der Waals surface area contributed by atoms with Gasteiger partial charge in [-0.3, -0.25) is 9.89 Å². The molecular formula is C22H36N4O2. The van der Waals surface area contributed by atoms with E-state index in [-0.39, 0.29) is 0 Å². The Morgan fingerprint density at radius 2 is 1.93 bits per heavy atom. The Labute approximate surface area is 169 Å². The molecule has 0 aromatic heterocycles. The van der Waals surface area contributed by atoms with E-state index in [1.165, 1.54) is 24.0 Å². The van der Waals surface area contributed by atoms with E-state index in [1.54, 1.807) is 14.2 Å². The molecule has 6 heteroatoms. The standard InChI is InChI=1S/C22H36N4O2/c1-5-23-22(26-10-6-7-17(2)15-26)24-9-12-25-11-8-18-13-20(27-3)21(28-4)14-19(18)16-25/h13-14,17H,5-12,15-16H2,1-4H3,(H,23,24). The van der Waals surface area contributed by atoms with Gasteiger partial charge in [0.1, 0.15) is 0 Å². The molecule has 6 nitrogen and oxygen atoms in total. The highest BCUT2D eigenvalue weighted by atomic mass is 16.5. The van der Waals surface area contributed by atoms with Crippen LogP contribution in [0, 0.1) is 5.92 Å². The van der Waals surface area contributed by atoms with Gasteiger partial charge in [0.15, 0.2) is 17.5 Å². The second kappa shape index (κ2) is 10.0. The smallest absolute Gasteiger partial charge is 0.193 e. The summed E-state index contributed by atoms with van der Waals surface area (Å²) in [6, 6.07) is 4.26. The maximum atomic E-state index is 5.47. The number of hydrogen-bond donors (Lipinski definition) is 1. The van der Waals surface area contributed by atoms with Gasteiger partial charge in [-0.15, -0.1) is 0 Å². The summed E-state index contributed by atoms with van der Waals surface area (Å²) in [5.41, 5.74) is 2.71. The van der Waals surface area contributed by atoms with Crippen LogP contribution in [0.5, 0.6) is 11.5 Å². The van der Waals surface area contributed by atoms with Crippen LogP contribution in [0.1, 0.15) is 37.8 Å². The van der Waals surface area contributed by atoms with E-state index in [2.05, 4.69) is 41.1 Å². The maximum Gasteiger partial charge on any atom is 0.193 e. The van der Waals surface area contributed by atoms with Gasteiger partial charge in [0, 0.05) is 39.3 Å². The molecule has 0 radical (unpaired) electrons. The molecule has 1 aromatic rings. The third-order valence-corrected chi connectivity index (χ3v) is 5.77. The van der Waals surface area contributed by atoms with Crippen molar-refractivity contribution in [3.8, 4) is 11.5 Å². The van der Waals surface area contributed by atoms with E-state index in [0.717, 1.165) is 75.6 Å². The molecule has 156 valence electrons. The van der Waals surface area contributed by atoms with Crippen molar-refractivity contribution in [1.82, 2.24) is 15.1 Å². The zero-order valence-corrected chi connectivity index (χ0v) is 18.0. The lowest BCUT2D eigenvalue weighted by atomic mass is 9.99. The van der Waals surface area contributed by atoms with Gasteiger partial charge in [0.2, 0.25) is 0 Å². The van der Waals surface area contributed by atoms with Crippen LogP contribution in [0.2, 0.25) is 0 Å². The predicted octanol–water partition coefficient (Wildman–Crippen LogP) is 2.76. The first-order chi connectivity index (χ1) is 13.6. The molecule has 0 aliphatic carbocycles. The maximum absolute atomic E-state index is 5.47. The summed E-state index contributed by atoms with van der Waals surface area (Å²) in [6.07, 6.45) is 3.64. The number of benzene rings is 1. The molecule has 1 N–H and O–H groups in total. The molecule has 1 aromatic carbocycles. The number of ether oxygens (including phenoxy) is 2. The molecule has 1 saturated heterocycles. The van der Waals surface area contributed by atoms with Gasteiger partial charge < -0.3 is 19.7 Å². The van der Waals surface area contributed by atoms with Crippen molar-refractivity contribution in [2.45, 2.75) is 39.7 Å². The number of fused-ring (bicyclic) bond motifs is 1. The first-order valence-electron chi connectivity index (χ1n) is 10.6. The van der Waals surface area contributed by atoms with Crippen molar-refractivity contribution < 1.29 is 9.47 Å². The van der Waals surface area contributed by atoms with Crippen LogP contribution in [0.15, 0.2) is 17.1 Å². The number of nitrogens with one attached hydrogen (secondary N) is 1. The third kappa shape index (κ3) is 5.10. The fourth-order valence-electron chi connectivity index (χ4n) is 4.24. The lowest BCUT2D eigenvalue weighted by Gasteiger charge is -2.34. The normalized spacial score (nSPS) is 20.6. The number of rotatable bonds is 6. The molecule has 1 unspecified atom stereocenters. The highest BCUT2D eigenvalue weighted by molar-refractivity contribution is 5.80. The average molecular weight is 389 g/mol. The number of hydrogen-bond acceptors (Lipinski definition) is 4. The van der Waals surface area contributed by atoms with Gasteiger partial charge in [-0.25, -0.2) is 0 Å². The minimum absolute atomic E-state index is 0.753. The van der Waals surface area contributed by atoms with Crippen molar-refractivity contribution in [2.24, 2.45) is 10.9 Å². The first kappa shape index (κ1) is 20.8. The Bertz CT molecular complexity index is 677. The van der Waals surface area contributed by atoms with Crippen molar-refractivity contribution >= 4 is 5.96 Å². The van der Waals surface area contributed by atoms with Crippen LogP contribution in [-0.2, 0) is 13.0 Å². The van der Waals surface area contributed by atoms with E-state index in [1.807, 2.05) is 0 Å². The van der Waals surface area contributed by atoms with E-state index >= 15 is 0 Å². The van der Waals surface area contributed by atoms with Crippen LogP contribution in [0.3, 0.4) is 0 Å². The number of methoxy groups -OCH3 is 2. The summed E-state index contributed by atoms with van der Waals surface area (Å²) in [5, 5.41) is 3.48. The van der Waals surface area contributed by atoms with E-state index in [4.69, 9.17) is 14.5 Å². The second-order valence-electron chi connectivity index (χ2n) is 7.93. The minimum atomic E-state index is 0.753. The fraction of sp³-hybridized carbons (Fsp3) is 0.682. The number of nitrogens with zero attached hydrogens (tertiary/aromatic N) is 3. The lowest BCUT2D eigenvalue weighted by molar-refractivity contribution is 0.254. The van der Waals surface area contributed by atoms with Gasteiger partial charge in [-0.05, 0) is 55.4 Å². The molecule has 28 heavy (non-hydrogen) atoms. The molecule has 2 aliphatic rings. The van der Waals surface area contributed by atoms with Gasteiger partial charge >= 0.3 is 0 Å². The Hall–Kier alpha value is -1.95. The van der Waals surface area contributed by atoms with E-state index < -0.39 is 0 Å². The van der Waals surface area contributed by atoms with Crippen LogP contribution in [0.4, 0.5) is 0 Å². The summed E-state index contributed by atoms with van der Waals surface area (Å²) < 4.78 is 10.9. The topological polar surface area (TPSA) is 49.3 Å². The summed E-state index contributed by atoms with van der Waals surface area (Å²) in [7, 11) is 3.39. The SMILES string of the molecule is CCNC(=NCCN1CCc2cc(OC)c(OC)cc2C1)N1CCCC(C)C1. The fourth-order valence-corrected chi connectivity index (χ4v) is 4.24. The number of aliphatic imine (C=N–C) groups is 1. The minimum Gasteiger partial charge on any atom is -0.493 e. The lowest BCUT2D eigenvalue weighted by Crippen LogP contribution is -2.46. The molecule has 1 fully saturated rings. The third-order valence-electron chi connectivity index (χ3n) is 5.77. The van der Waals surface area contributed by atoms with Gasteiger partial charge in [-0.1, -0.05) is 6.92 Å². The quantitative estimate of drug-likeness (QED) is 0.600. The molecule has 0 amide bonds. The summed E-state index contributed by atoms with van der Waals surface area (Å²) in [4.78, 5) is 9.84. The Morgan fingerprint density at radius 3 is 2.61 bits per heavy atom. The zero-order chi connectivity index (χ0) is 19.9. The molecule has 3 rings (SSSR count). The van der Waals surface area contributed by atoms with Crippen LogP contribution >= 0.6 is 0 Å². The number of guanidine groups is 1. The van der Waals surface area contributed by atoms with Crippen molar-refractivity contribution in [3.05, 3.63) is 23.3 Å². The molecule has 0 bridgehead atoms. The predicted molar refractivity (Wildman–Crippen MR) is 114 cm³/mol. The number of likely N-dealkylation sites (tertiary alicyclic amines) is 1. The molecule has 2 heterocycles. The van der Waals surface area contributed by atoms with Crippen LogP contribution in [-0.4, -0.2) is 69.2 Å². The van der Waals surface area contributed by atoms with Gasteiger partial charge in [0.25, 0.3) is 0 Å². The van der Waals surface area contributed by atoms with Crippen molar-refractivity contribution in [1.29, 1.82) is 0 Å².